The topological polar surface area (TPSA) is 49.4 Å². The van der Waals surface area contributed by atoms with Crippen molar-refractivity contribution in [2.24, 2.45) is 0 Å². The molecule has 18 heavy (non-hydrogen) atoms. The molecule has 1 N–H and O–H groups in total. The Balaban J connectivity index is 1.90. The zero-order chi connectivity index (χ0) is 12.7. The van der Waals surface area contributed by atoms with E-state index in [0.29, 0.717) is 5.56 Å². The van der Waals surface area contributed by atoms with E-state index >= 15 is 0 Å². The van der Waals surface area contributed by atoms with E-state index < -0.39 is 0 Å². The molecule has 2 fully saturated rings. The van der Waals surface area contributed by atoms with Gasteiger partial charge in [-0.15, -0.1) is 0 Å². The normalized spacial score (nSPS) is 26.5. The minimum atomic E-state index is -0.141. The first-order chi connectivity index (χ1) is 8.68. The maximum absolute atomic E-state index is 12.5. The number of ketones is 1. The maximum atomic E-state index is 12.5. The summed E-state index contributed by atoms with van der Waals surface area (Å²) in [5, 5.41) is 3.18. The van der Waals surface area contributed by atoms with E-state index in [1.165, 1.54) is 0 Å². The standard InChI is InChI=1S/C14H16N2O2/c1-9-4-2-3-5-10(9)14(18)16-8-12(17)13-11(16)6-7-15-13/h2-5,11,13,15H,6-8H2,1H3. The van der Waals surface area contributed by atoms with Crippen LogP contribution in [-0.2, 0) is 4.79 Å². The molecule has 2 saturated heterocycles. The number of rotatable bonds is 1. The summed E-state index contributed by atoms with van der Waals surface area (Å²) in [5.74, 6) is 0.122. The molecule has 2 atom stereocenters. The average molecular weight is 244 g/mol. The second-order valence-electron chi connectivity index (χ2n) is 5.00. The maximum Gasteiger partial charge on any atom is 0.254 e. The predicted molar refractivity (Wildman–Crippen MR) is 67.4 cm³/mol. The molecule has 3 rings (SSSR count). The number of carbonyl (C=O) groups excluding carboxylic acids is 2. The van der Waals surface area contributed by atoms with Gasteiger partial charge in [0.25, 0.3) is 5.91 Å². The summed E-state index contributed by atoms with van der Waals surface area (Å²) in [5.41, 5.74) is 1.67. The zero-order valence-electron chi connectivity index (χ0n) is 10.3. The quantitative estimate of drug-likeness (QED) is 0.793. The minimum absolute atomic E-state index is 0.0161. The van der Waals surface area contributed by atoms with Crippen molar-refractivity contribution >= 4 is 11.7 Å². The monoisotopic (exact) mass is 244 g/mol. The third-order valence-corrected chi connectivity index (χ3v) is 3.90. The van der Waals surface area contributed by atoms with Crippen LogP contribution in [0, 0.1) is 6.92 Å². The Morgan fingerprint density at radius 1 is 1.39 bits per heavy atom. The lowest BCUT2D eigenvalue weighted by atomic mass is 10.1. The van der Waals surface area contributed by atoms with Gasteiger partial charge in [0, 0.05) is 5.56 Å². The molecule has 1 aromatic carbocycles. The molecule has 4 nitrogen and oxygen atoms in total. The highest BCUT2D eigenvalue weighted by molar-refractivity contribution is 6.01. The lowest BCUT2D eigenvalue weighted by molar-refractivity contribution is -0.118. The number of fused-ring (bicyclic) bond motifs is 1. The molecule has 0 aliphatic carbocycles. The second-order valence-corrected chi connectivity index (χ2v) is 5.00. The lowest BCUT2D eigenvalue weighted by Crippen LogP contribution is -2.39. The van der Waals surface area contributed by atoms with Crippen molar-refractivity contribution in [1.29, 1.82) is 0 Å². The van der Waals surface area contributed by atoms with Crippen LogP contribution in [0.3, 0.4) is 0 Å². The molecule has 2 unspecified atom stereocenters. The molecule has 0 aromatic heterocycles. The van der Waals surface area contributed by atoms with Crippen molar-refractivity contribution in [3.8, 4) is 0 Å². The molecular formula is C14H16N2O2. The van der Waals surface area contributed by atoms with Crippen molar-refractivity contribution in [3.63, 3.8) is 0 Å². The summed E-state index contributed by atoms with van der Waals surface area (Å²) >= 11 is 0. The van der Waals surface area contributed by atoms with Crippen LogP contribution in [0.2, 0.25) is 0 Å². The van der Waals surface area contributed by atoms with E-state index in [0.717, 1.165) is 18.5 Å². The number of nitrogens with one attached hydrogen (secondary N) is 1. The van der Waals surface area contributed by atoms with Crippen LogP contribution >= 0.6 is 0 Å². The largest absolute Gasteiger partial charge is 0.326 e. The van der Waals surface area contributed by atoms with Gasteiger partial charge < -0.3 is 10.2 Å². The molecular weight excluding hydrogens is 228 g/mol. The lowest BCUT2D eigenvalue weighted by Gasteiger charge is -2.23. The molecule has 1 aromatic rings. The van der Waals surface area contributed by atoms with Crippen molar-refractivity contribution in [1.82, 2.24) is 10.2 Å². The molecule has 0 saturated carbocycles. The third kappa shape index (κ3) is 1.64. The summed E-state index contributed by atoms with van der Waals surface area (Å²) in [6.45, 7) is 2.99. The van der Waals surface area contributed by atoms with Crippen LogP contribution in [0.25, 0.3) is 0 Å². The summed E-state index contributed by atoms with van der Waals surface area (Å²) in [4.78, 5) is 26.1. The summed E-state index contributed by atoms with van der Waals surface area (Å²) in [7, 11) is 0. The van der Waals surface area contributed by atoms with Gasteiger partial charge in [0.1, 0.15) is 0 Å². The Bertz CT molecular complexity index is 512. The first-order valence-electron chi connectivity index (χ1n) is 6.31. The smallest absolute Gasteiger partial charge is 0.254 e. The van der Waals surface area contributed by atoms with E-state index in [-0.39, 0.29) is 30.3 Å². The molecule has 0 radical (unpaired) electrons. The van der Waals surface area contributed by atoms with E-state index in [2.05, 4.69) is 5.32 Å². The number of aryl methyl sites for hydroxylation is 1. The molecule has 0 spiro atoms. The highest BCUT2D eigenvalue weighted by Crippen LogP contribution is 2.25. The highest BCUT2D eigenvalue weighted by Gasteiger charge is 2.45. The van der Waals surface area contributed by atoms with Gasteiger partial charge in [-0.2, -0.15) is 0 Å². The molecule has 4 heteroatoms. The van der Waals surface area contributed by atoms with Crippen molar-refractivity contribution in [2.75, 3.05) is 13.1 Å². The van der Waals surface area contributed by atoms with Crippen LogP contribution in [0.15, 0.2) is 24.3 Å². The van der Waals surface area contributed by atoms with Gasteiger partial charge in [-0.05, 0) is 31.5 Å². The first kappa shape index (κ1) is 11.4. The summed E-state index contributed by atoms with van der Waals surface area (Å²) in [6.07, 6.45) is 0.869. The molecule has 2 aliphatic rings. The highest BCUT2D eigenvalue weighted by atomic mass is 16.2. The van der Waals surface area contributed by atoms with Gasteiger partial charge in [0.2, 0.25) is 0 Å². The average Bonchev–Trinajstić information content (AvgIpc) is 2.94. The van der Waals surface area contributed by atoms with E-state index in [9.17, 15) is 9.59 Å². The molecule has 94 valence electrons. The van der Waals surface area contributed by atoms with Crippen molar-refractivity contribution < 1.29 is 9.59 Å². The molecule has 0 bridgehead atoms. The fourth-order valence-corrected chi connectivity index (χ4v) is 2.93. The number of nitrogens with zero attached hydrogens (tertiary/aromatic N) is 1. The molecule has 1 amide bonds. The number of hydrogen-bond donors (Lipinski definition) is 1. The zero-order valence-corrected chi connectivity index (χ0v) is 10.3. The number of likely N-dealkylation sites (tertiary alicyclic amines) is 1. The van der Waals surface area contributed by atoms with Gasteiger partial charge >= 0.3 is 0 Å². The molecule has 2 heterocycles. The number of carbonyl (C=O) groups is 2. The molecule has 2 aliphatic heterocycles. The number of benzene rings is 1. The predicted octanol–water partition coefficient (Wildman–Crippen LogP) is 0.750. The fraction of sp³-hybridized carbons (Fsp3) is 0.429. The van der Waals surface area contributed by atoms with E-state index in [1.54, 1.807) is 4.90 Å². The van der Waals surface area contributed by atoms with Crippen LogP contribution in [0.4, 0.5) is 0 Å². The number of Topliss-reactive ketones (excluding diaryl/α,β-unsaturated/α-hetero) is 1. The van der Waals surface area contributed by atoms with Gasteiger partial charge in [-0.1, -0.05) is 18.2 Å². The van der Waals surface area contributed by atoms with Crippen LogP contribution in [-0.4, -0.2) is 41.8 Å². The van der Waals surface area contributed by atoms with Gasteiger partial charge in [0.15, 0.2) is 5.78 Å². The van der Waals surface area contributed by atoms with E-state index in [4.69, 9.17) is 0 Å². The summed E-state index contributed by atoms with van der Waals surface area (Å²) in [6, 6.07) is 7.44. The van der Waals surface area contributed by atoms with Gasteiger partial charge in [-0.25, -0.2) is 0 Å². The van der Waals surface area contributed by atoms with Gasteiger partial charge in [0.05, 0.1) is 18.6 Å². The Hall–Kier alpha value is -1.68. The first-order valence-corrected chi connectivity index (χ1v) is 6.31. The second kappa shape index (κ2) is 4.21. The van der Waals surface area contributed by atoms with Crippen LogP contribution < -0.4 is 5.32 Å². The third-order valence-electron chi connectivity index (χ3n) is 3.90. The Kier molecular flexibility index (Phi) is 2.67. The Morgan fingerprint density at radius 3 is 2.94 bits per heavy atom. The van der Waals surface area contributed by atoms with Gasteiger partial charge in [-0.3, -0.25) is 9.59 Å². The number of amides is 1. The minimum Gasteiger partial charge on any atom is -0.326 e. The fourth-order valence-electron chi connectivity index (χ4n) is 2.93. The van der Waals surface area contributed by atoms with Crippen molar-refractivity contribution in [3.05, 3.63) is 35.4 Å². The van der Waals surface area contributed by atoms with Crippen LogP contribution in [0.5, 0.6) is 0 Å². The number of hydrogen-bond acceptors (Lipinski definition) is 3. The SMILES string of the molecule is Cc1ccccc1C(=O)N1CC(=O)C2NCCC21. The summed E-state index contributed by atoms with van der Waals surface area (Å²) < 4.78 is 0. The Morgan fingerprint density at radius 2 is 2.17 bits per heavy atom. The van der Waals surface area contributed by atoms with Crippen LogP contribution in [0.1, 0.15) is 22.3 Å². The van der Waals surface area contributed by atoms with Crippen molar-refractivity contribution in [2.45, 2.75) is 25.4 Å². The Labute approximate surface area is 106 Å². The van der Waals surface area contributed by atoms with E-state index in [1.807, 2.05) is 31.2 Å².